The molecule has 11 N–H and O–H groups in total. The maximum absolute atomic E-state index is 13.3. The van der Waals surface area contributed by atoms with Crippen LogP contribution in [0.4, 0.5) is 0 Å². The smallest absolute Gasteiger partial charge is 0.341 e. The highest BCUT2D eigenvalue weighted by molar-refractivity contribution is 5.96. The number of carbonyl (C=O) groups is 4. The molecule has 4 fully saturated rings. The number of aliphatic hydroxyl groups is 8. The van der Waals surface area contributed by atoms with Crippen LogP contribution in [-0.2, 0) is 47.5 Å². The second-order valence-corrected chi connectivity index (χ2v) is 16.4. The molecule has 23 heteroatoms. The van der Waals surface area contributed by atoms with Gasteiger partial charge in [-0.1, -0.05) is 0 Å². The molecule has 7 rings (SSSR count). The highest BCUT2D eigenvalue weighted by Gasteiger charge is 2.54. The zero-order chi connectivity index (χ0) is 45.4. The van der Waals surface area contributed by atoms with Crippen LogP contribution in [0.15, 0.2) is 41.9 Å². The van der Waals surface area contributed by atoms with Crippen molar-refractivity contribution in [3.05, 3.63) is 53.0 Å². The molecule has 18 atom stereocenters. The van der Waals surface area contributed by atoms with E-state index in [9.17, 15) is 75.3 Å². The maximum Gasteiger partial charge on any atom is 0.341 e. The first kappa shape index (κ1) is 46.5. The Hall–Kier alpha value is -4.50. The molecule has 1 aromatic rings. The standard InChI is InChI=1S/C40H50O23/c41-8-23-27(44)29(46)31(48)39(60-23)62-37-25-15(2-4-17(25)20(12-58-37)33(50)51)10-56-35(54)14-1-6-19(22(43)7-14)36(55)57-11-16-3-5-18-21(34(52)53)13-59-38(26(16)18)63-40-32(49)30(47)28(45)24(9-42)61-40/h1,6-7,12-13,15-18,23-32,37-49H,2-5,8-11H2,(H,50,51)(H,52,53)/t15-,16-,17-,18-,23-,24-,25-,26-,27-,28-,29+,30+,31-,32-,37+,38+,39+,40+/m1/s1. The molecule has 2 saturated carbocycles. The Morgan fingerprint density at radius 3 is 1.44 bits per heavy atom. The van der Waals surface area contributed by atoms with Gasteiger partial charge >= 0.3 is 23.9 Å². The van der Waals surface area contributed by atoms with Crippen molar-refractivity contribution in [1.29, 1.82) is 0 Å². The lowest BCUT2D eigenvalue weighted by atomic mass is 9.83. The van der Waals surface area contributed by atoms with Gasteiger partial charge in [-0.3, -0.25) is 0 Å². The van der Waals surface area contributed by atoms with Crippen molar-refractivity contribution < 1.29 is 113 Å². The third kappa shape index (κ3) is 9.23. The average Bonchev–Trinajstić information content (AvgIpc) is 3.90. The normalized spacial score (nSPS) is 39.7. The van der Waals surface area contributed by atoms with Crippen molar-refractivity contribution in [2.75, 3.05) is 26.4 Å². The van der Waals surface area contributed by atoms with Crippen molar-refractivity contribution in [2.45, 2.75) is 99.7 Å². The fourth-order valence-electron chi connectivity index (χ4n) is 9.43. The van der Waals surface area contributed by atoms with Crippen molar-refractivity contribution >= 4 is 23.9 Å². The molecule has 4 heterocycles. The number of ether oxygens (including phenoxy) is 8. The molecule has 2 aliphatic carbocycles. The lowest BCUT2D eigenvalue weighted by molar-refractivity contribution is -0.343. The summed E-state index contributed by atoms with van der Waals surface area (Å²) in [6.45, 7) is -2.05. The van der Waals surface area contributed by atoms with E-state index < -0.39 is 152 Å². The van der Waals surface area contributed by atoms with Gasteiger partial charge in [-0.25, -0.2) is 19.2 Å². The third-order valence-corrected chi connectivity index (χ3v) is 12.8. The lowest BCUT2D eigenvalue weighted by Crippen LogP contribution is -2.60. The summed E-state index contributed by atoms with van der Waals surface area (Å²) in [6.07, 6.45) is -15.4. The zero-order valence-electron chi connectivity index (χ0n) is 33.3. The molecule has 0 aromatic heterocycles. The van der Waals surface area contributed by atoms with Gasteiger partial charge in [0.15, 0.2) is 12.6 Å². The first-order valence-electron chi connectivity index (χ1n) is 20.3. The van der Waals surface area contributed by atoms with Crippen LogP contribution in [0.1, 0.15) is 46.4 Å². The van der Waals surface area contributed by atoms with Crippen LogP contribution in [-0.4, -0.2) is 180 Å². The molecule has 23 nitrogen and oxygen atoms in total. The number of carbonyl (C=O) groups excluding carboxylic acids is 2. The molecule has 4 aliphatic heterocycles. The van der Waals surface area contributed by atoms with E-state index in [1.807, 2.05) is 0 Å². The minimum Gasteiger partial charge on any atom is -0.507 e. The highest BCUT2D eigenvalue weighted by atomic mass is 16.8. The quantitative estimate of drug-likeness (QED) is 0.0845. The number of aliphatic hydroxyl groups excluding tert-OH is 8. The minimum absolute atomic E-state index is 0.0715. The Morgan fingerprint density at radius 1 is 0.587 bits per heavy atom. The number of esters is 2. The lowest BCUT2D eigenvalue weighted by Gasteiger charge is -2.43. The molecule has 0 spiro atoms. The van der Waals surface area contributed by atoms with E-state index in [2.05, 4.69) is 0 Å². The zero-order valence-corrected chi connectivity index (χ0v) is 33.3. The molecular weight excluding hydrogens is 848 g/mol. The number of carboxylic acid groups (broad SMARTS) is 2. The Kier molecular flexibility index (Phi) is 14.2. The van der Waals surface area contributed by atoms with E-state index in [0.717, 1.165) is 24.7 Å². The van der Waals surface area contributed by atoms with Gasteiger partial charge in [-0.2, -0.15) is 0 Å². The average molecular weight is 899 g/mol. The molecule has 63 heavy (non-hydrogen) atoms. The van der Waals surface area contributed by atoms with Gasteiger partial charge in [0.25, 0.3) is 0 Å². The Balaban J connectivity index is 0.974. The van der Waals surface area contributed by atoms with Crippen molar-refractivity contribution in [2.24, 2.45) is 35.5 Å². The maximum atomic E-state index is 13.3. The summed E-state index contributed by atoms with van der Waals surface area (Å²) in [5.74, 6) is -9.14. The molecule has 6 aliphatic rings. The van der Waals surface area contributed by atoms with Crippen molar-refractivity contribution in [1.82, 2.24) is 0 Å². The topological polar surface area (TPSA) is 365 Å². The van der Waals surface area contributed by atoms with Crippen LogP contribution in [0.3, 0.4) is 0 Å². The predicted molar refractivity (Wildman–Crippen MR) is 199 cm³/mol. The summed E-state index contributed by atoms with van der Waals surface area (Å²) in [4.78, 5) is 50.6. The van der Waals surface area contributed by atoms with E-state index in [1.54, 1.807) is 0 Å². The second-order valence-electron chi connectivity index (χ2n) is 16.4. The van der Waals surface area contributed by atoms with E-state index >= 15 is 0 Å². The fraction of sp³-hybridized carbons (Fsp3) is 0.650. The summed E-state index contributed by atoms with van der Waals surface area (Å²) in [5.41, 5.74) is -0.651. The van der Waals surface area contributed by atoms with Crippen LogP contribution in [0.5, 0.6) is 5.75 Å². The number of aromatic hydroxyl groups is 1. The second kappa shape index (κ2) is 19.3. The van der Waals surface area contributed by atoms with Crippen LogP contribution < -0.4 is 0 Å². The van der Waals surface area contributed by atoms with Crippen LogP contribution in [0.25, 0.3) is 0 Å². The minimum atomic E-state index is -1.78. The third-order valence-electron chi connectivity index (χ3n) is 12.8. The number of hydrogen-bond acceptors (Lipinski definition) is 21. The number of carboxylic acids is 2. The molecule has 2 saturated heterocycles. The monoisotopic (exact) mass is 898 g/mol. The first-order valence-corrected chi connectivity index (χ1v) is 20.3. The number of aliphatic carboxylic acids is 2. The molecule has 1 aromatic carbocycles. The van der Waals surface area contributed by atoms with Gasteiger partial charge in [0.1, 0.15) is 60.1 Å². The van der Waals surface area contributed by atoms with Gasteiger partial charge < -0.3 is 94.1 Å². The summed E-state index contributed by atoms with van der Waals surface area (Å²) in [5, 5.41) is 111. The van der Waals surface area contributed by atoms with Crippen molar-refractivity contribution in [3.8, 4) is 5.75 Å². The van der Waals surface area contributed by atoms with Gasteiger partial charge in [-0.05, 0) is 43.9 Å². The number of phenols is 1. The summed E-state index contributed by atoms with van der Waals surface area (Å²) < 4.78 is 44.9. The highest BCUT2D eigenvalue weighted by Crippen LogP contribution is 2.49. The SMILES string of the molecule is O=C(O)C1=CO[C@@H](O[C@@H]2O[C@H](CO)[C@@H](O)[C@H](O)[C@H]2O)[C@@H]2[C@@H](COC(=O)c3ccc(C(=O)OC[C@H]4CC[C@@H]5C(C(=O)O)=CO[C@@H](O[C@@H]6O[C@H](CO)[C@@H](O)[C@H](O)[C@H]6O)[C@H]45)c(O)c3)CC[C@H]12. The Labute approximate surface area is 357 Å². The fourth-order valence-corrected chi connectivity index (χ4v) is 9.43. The van der Waals surface area contributed by atoms with Crippen LogP contribution in [0, 0.1) is 35.5 Å². The summed E-state index contributed by atoms with van der Waals surface area (Å²) in [6, 6.07) is 3.30. The van der Waals surface area contributed by atoms with E-state index in [0.29, 0.717) is 25.7 Å². The van der Waals surface area contributed by atoms with E-state index in [-0.39, 0.29) is 35.5 Å². The molecule has 348 valence electrons. The van der Waals surface area contributed by atoms with Gasteiger partial charge in [0.05, 0.1) is 55.7 Å². The van der Waals surface area contributed by atoms with E-state index in [4.69, 9.17) is 37.9 Å². The van der Waals surface area contributed by atoms with Gasteiger partial charge in [0.2, 0.25) is 12.6 Å². The number of benzene rings is 1. The Bertz CT molecular complexity index is 1920. The number of hydrogen-bond donors (Lipinski definition) is 11. The number of rotatable bonds is 14. The van der Waals surface area contributed by atoms with Gasteiger partial charge in [0, 0.05) is 35.5 Å². The first-order chi connectivity index (χ1) is 30.0. The molecule has 0 unspecified atom stereocenters. The Morgan fingerprint density at radius 2 is 1.03 bits per heavy atom. The molecule has 0 bridgehead atoms. The molecular formula is C40H50O23. The molecule has 0 amide bonds. The van der Waals surface area contributed by atoms with Gasteiger partial charge in [-0.15, -0.1) is 0 Å². The van der Waals surface area contributed by atoms with Crippen molar-refractivity contribution in [3.63, 3.8) is 0 Å². The van der Waals surface area contributed by atoms with E-state index in [1.165, 1.54) is 6.07 Å². The summed E-state index contributed by atoms with van der Waals surface area (Å²) >= 11 is 0. The van der Waals surface area contributed by atoms with Crippen LogP contribution >= 0.6 is 0 Å². The number of phenolic OH excluding ortho intramolecular Hbond substituents is 1. The summed E-state index contributed by atoms with van der Waals surface area (Å²) in [7, 11) is 0. The number of fused-ring (bicyclic) bond motifs is 2. The van der Waals surface area contributed by atoms with Crippen LogP contribution in [0.2, 0.25) is 0 Å². The molecule has 0 radical (unpaired) electrons. The largest absolute Gasteiger partial charge is 0.507 e. The predicted octanol–water partition coefficient (Wildman–Crippen LogP) is -2.73.